The maximum absolute atomic E-state index is 13.1. The number of hydrogen-bond acceptors (Lipinski definition) is 4. The summed E-state index contributed by atoms with van der Waals surface area (Å²) >= 11 is 0. The number of rotatable bonds is 8. The lowest BCUT2D eigenvalue weighted by Gasteiger charge is -2.14. The second-order valence-corrected chi connectivity index (χ2v) is 11.4. The zero-order chi connectivity index (χ0) is 27.0. The number of unbranched alkanes of at least 4 members (excludes halogenated alkanes) is 1. The Morgan fingerprint density at radius 3 is 2.57 bits per heavy atom. The van der Waals surface area contributed by atoms with Crippen LogP contribution in [0.5, 0.6) is 0 Å². The predicted octanol–water partition coefficient (Wildman–Crippen LogP) is 6.26. The monoisotopic (exact) mass is 531 g/mol. The molecule has 0 spiro atoms. The zero-order valence-corrected chi connectivity index (χ0v) is 21.6. The predicted molar refractivity (Wildman–Crippen MR) is 138 cm³/mol. The average Bonchev–Trinajstić information content (AvgIpc) is 3.22. The van der Waals surface area contributed by atoms with Gasteiger partial charge in [0.15, 0.2) is 9.84 Å². The number of sulfone groups is 1. The van der Waals surface area contributed by atoms with Crippen LogP contribution in [0.1, 0.15) is 47.7 Å². The number of nitrogens with zero attached hydrogens (tertiary/aromatic N) is 1. The van der Waals surface area contributed by atoms with Crippen molar-refractivity contribution < 1.29 is 26.4 Å². The van der Waals surface area contributed by atoms with Crippen LogP contribution < -0.4 is 5.32 Å². The summed E-state index contributed by atoms with van der Waals surface area (Å²) in [6.07, 6.45) is -3.25. The fourth-order valence-corrected chi connectivity index (χ4v) is 5.36. The van der Waals surface area contributed by atoms with E-state index in [1.165, 1.54) is 0 Å². The summed E-state index contributed by atoms with van der Waals surface area (Å²) in [6, 6.07) is 10.3. The van der Waals surface area contributed by atoms with Crippen molar-refractivity contribution in [1.29, 1.82) is 0 Å². The molecule has 2 N–H and O–H groups in total. The Kier molecular flexibility index (Phi) is 7.32. The highest BCUT2D eigenvalue weighted by Crippen LogP contribution is 2.38. The van der Waals surface area contributed by atoms with Crippen molar-refractivity contribution in [3.8, 4) is 11.1 Å². The molecule has 1 amide bonds. The summed E-state index contributed by atoms with van der Waals surface area (Å²) < 4.78 is 62.4. The normalized spacial score (nSPS) is 12.4. The summed E-state index contributed by atoms with van der Waals surface area (Å²) in [7, 11) is -3.46. The number of aryl methyl sites for hydroxylation is 2. The van der Waals surface area contributed by atoms with Crippen LogP contribution in [0.15, 0.2) is 47.5 Å². The standard InChI is InChI=1S/C27H28F3N3O3S/c1-4-37(35,36)19-9-7-8-18(13-19)21-14-20(26(34)31-11-6-5-10-27(28,29)30)17(3)24-23(21)22-12-16(2)15-32-25(22)33-24/h7-9,12-15H,4-6,10-11H2,1-3H3,(H,31,34)(H,32,33). The Balaban J connectivity index is 1.82. The lowest BCUT2D eigenvalue weighted by Crippen LogP contribution is -2.25. The van der Waals surface area contributed by atoms with E-state index in [-0.39, 0.29) is 30.0 Å². The number of benzene rings is 2. The molecule has 2 aromatic heterocycles. The van der Waals surface area contributed by atoms with E-state index >= 15 is 0 Å². The van der Waals surface area contributed by atoms with Crippen LogP contribution >= 0.6 is 0 Å². The van der Waals surface area contributed by atoms with E-state index in [1.807, 2.05) is 13.0 Å². The molecule has 0 saturated heterocycles. The van der Waals surface area contributed by atoms with Gasteiger partial charge in [-0.3, -0.25) is 4.79 Å². The average molecular weight is 532 g/mol. The van der Waals surface area contributed by atoms with E-state index in [4.69, 9.17) is 0 Å². The first-order valence-corrected chi connectivity index (χ1v) is 13.7. The molecule has 4 aromatic rings. The maximum atomic E-state index is 13.1. The molecule has 0 unspecified atom stereocenters. The molecule has 37 heavy (non-hydrogen) atoms. The van der Waals surface area contributed by atoms with Gasteiger partial charge >= 0.3 is 6.18 Å². The number of aromatic amines is 1. The molecule has 0 aliphatic rings. The zero-order valence-electron chi connectivity index (χ0n) is 20.8. The van der Waals surface area contributed by atoms with Gasteiger partial charge in [-0.25, -0.2) is 13.4 Å². The van der Waals surface area contributed by atoms with E-state index in [0.29, 0.717) is 33.4 Å². The highest BCUT2D eigenvalue weighted by atomic mass is 32.2. The number of hydrogen-bond donors (Lipinski definition) is 2. The van der Waals surface area contributed by atoms with Gasteiger partial charge < -0.3 is 10.3 Å². The number of carbonyl (C=O) groups excluding carboxylic acids is 1. The number of alkyl halides is 3. The Morgan fingerprint density at radius 1 is 1.11 bits per heavy atom. The molecular formula is C27H28F3N3O3S. The summed E-state index contributed by atoms with van der Waals surface area (Å²) in [5, 5.41) is 4.39. The van der Waals surface area contributed by atoms with Crippen LogP contribution in [0.2, 0.25) is 0 Å². The number of halogens is 3. The third-order valence-electron chi connectivity index (χ3n) is 6.43. The minimum Gasteiger partial charge on any atom is -0.352 e. The second-order valence-electron chi connectivity index (χ2n) is 9.14. The van der Waals surface area contributed by atoms with Crippen LogP contribution in [0, 0.1) is 13.8 Å². The smallest absolute Gasteiger partial charge is 0.352 e. The molecule has 6 nitrogen and oxygen atoms in total. The quantitative estimate of drug-likeness (QED) is 0.263. The van der Waals surface area contributed by atoms with Crippen molar-refractivity contribution in [2.24, 2.45) is 0 Å². The molecule has 0 bridgehead atoms. The highest BCUT2D eigenvalue weighted by Gasteiger charge is 2.26. The van der Waals surface area contributed by atoms with Crippen molar-refractivity contribution in [1.82, 2.24) is 15.3 Å². The minimum absolute atomic E-state index is 0.0437. The number of carbonyl (C=O) groups is 1. The Bertz CT molecular complexity index is 1590. The van der Waals surface area contributed by atoms with Crippen LogP contribution in [0.4, 0.5) is 13.2 Å². The van der Waals surface area contributed by atoms with Crippen LogP contribution in [-0.4, -0.2) is 42.8 Å². The minimum atomic E-state index is -4.22. The highest BCUT2D eigenvalue weighted by molar-refractivity contribution is 7.91. The van der Waals surface area contributed by atoms with Crippen molar-refractivity contribution >= 4 is 37.7 Å². The Hall–Kier alpha value is -3.40. The van der Waals surface area contributed by atoms with Crippen molar-refractivity contribution in [3.63, 3.8) is 0 Å². The first-order chi connectivity index (χ1) is 17.4. The van der Waals surface area contributed by atoms with Crippen LogP contribution in [-0.2, 0) is 9.84 Å². The molecular weight excluding hydrogens is 503 g/mol. The number of H-pyrrole nitrogens is 1. The van der Waals surface area contributed by atoms with Crippen LogP contribution in [0.25, 0.3) is 33.1 Å². The van der Waals surface area contributed by atoms with Gasteiger partial charge in [-0.05, 0) is 73.2 Å². The Morgan fingerprint density at radius 2 is 1.86 bits per heavy atom. The van der Waals surface area contributed by atoms with Crippen molar-refractivity contribution in [3.05, 3.63) is 59.3 Å². The van der Waals surface area contributed by atoms with Gasteiger partial charge in [0.1, 0.15) is 5.65 Å². The van der Waals surface area contributed by atoms with Gasteiger partial charge in [0.2, 0.25) is 0 Å². The number of pyridine rings is 1. The molecule has 2 aromatic carbocycles. The number of amides is 1. The lowest BCUT2D eigenvalue weighted by atomic mass is 9.93. The summed E-state index contributed by atoms with van der Waals surface area (Å²) in [5.41, 5.74) is 4.57. The molecule has 10 heteroatoms. The van der Waals surface area contributed by atoms with E-state index < -0.39 is 28.3 Å². The van der Waals surface area contributed by atoms with Gasteiger partial charge in [-0.1, -0.05) is 19.1 Å². The molecule has 196 valence electrons. The Labute approximate surface area is 213 Å². The SMILES string of the molecule is CCS(=O)(=O)c1cccc(-c2cc(C(=O)NCCCCC(F)(F)F)c(C)c3[nH]c4ncc(C)cc4c23)c1. The lowest BCUT2D eigenvalue weighted by molar-refractivity contribution is -0.135. The third kappa shape index (κ3) is 5.64. The largest absolute Gasteiger partial charge is 0.389 e. The molecule has 0 saturated carbocycles. The van der Waals surface area contributed by atoms with E-state index in [9.17, 15) is 26.4 Å². The van der Waals surface area contributed by atoms with Crippen LogP contribution in [0.3, 0.4) is 0 Å². The van der Waals surface area contributed by atoms with E-state index in [2.05, 4.69) is 15.3 Å². The molecule has 0 aliphatic carbocycles. The topological polar surface area (TPSA) is 91.9 Å². The molecule has 0 fully saturated rings. The molecule has 2 heterocycles. The molecule has 0 aliphatic heterocycles. The van der Waals surface area contributed by atoms with Crippen molar-refractivity contribution in [2.45, 2.75) is 51.1 Å². The molecule has 4 rings (SSSR count). The second kappa shape index (κ2) is 10.2. The summed E-state index contributed by atoms with van der Waals surface area (Å²) in [6.45, 7) is 5.41. The first-order valence-electron chi connectivity index (χ1n) is 12.0. The van der Waals surface area contributed by atoms with E-state index in [1.54, 1.807) is 50.4 Å². The summed E-state index contributed by atoms with van der Waals surface area (Å²) in [5.74, 6) is -0.453. The van der Waals surface area contributed by atoms with Gasteiger partial charge in [-0.2, -0.15) is 13.2 Å². The number of fused-ring (bicyclic) bond motifs is 3. The number of aromatic nitrogens is 2. The summed E-state index contributed by atoms with van der Waals surface area (Å²) in [4.78, 5) is 21.1. The fraction of sp³-hybridized carbons (Fsp3) is 0.333. The first kappa shape index (κ1) is 26.7. The van der Waals surface area contributed by atoms with Crippen molar-refractivity contribution in [2.75, 3.05) is 12.3 Å². The van der Waals surface area contributed by atoms with Gasteiger partial charge in [-0.15, -0.1) is 0 Å². The molecule has 0 atom stereocenters. The molecule has 0 radical (unpaired) electrons. The van der Waals surface area contributed by atoms with E-state index in [0.717, 1.165) is 16.3 Å². The third-order valence-corrected chi connectivity index (χ3v) is 8.16. The van der Waals surface area contributed by atoms with Gasteiger partial charge in [0.25, 0.3) is 5.91 Å². The van der Waals surface area contributed by atoms with Gasteiger partial charge in [0, 0.05) is 35.5 Å². The fourth-order valence-electron chi connectivity index (χ4n) is 4.43. The maximum Gasteiger partial charge on any atom is 0.389 e. The van der Waals surface area contributed by atoms with Gasteiger partial charge in [0.05, 0.1) is 16.2 Å². The number of nitrogens with one attached hydrogen (secondary N) is 2.